The summed E-state index contributed by atoms with van der Waals surface area (Å²) in [5, 5.41) is 0. The van der Waals surface area contributed by atoms with Crippen molar-refractivity contribution in [1.29, 1.82) is 0 Å². The number of ether oxygens (including phenoxy) is 1. The van der Waals surface area contributed by atoms with E-state index in [1.54, 1.807) is 24.5 Å². The first-order valence-electron chi connectivity index (χ1n) is 5.26. The summed E-state index contributed by atoms with van der Waals surface area (Å²) in [6, 6.07) is 5.37. The van der Waals surface area contributed by atoms with Crippen LogP contribution in [0.15, 0.2) is 44.0 Å². The predicted octanol–water partition coefficient (Wildman–Crippen LogP) is 4.76. The Morgan fingerprint density at radius 3 is 2.37 bits per heavy atom. The third kappa shape index (κ3) is 3.87. The Kier molecular flexibility index (Phi) is 5.13. The van der Waals surface area contributed by atoms with Crippen LogP contribution in [0.5, 0.6) is 5.75 Å². The molecule has 0 aliphatic rings. The Morgan fingerprint density at radius 2 is 1.79 bits per heavy atom. The van der Waals surface area contributed by atoms with E-state index in [-0.39, 0.29) is 0 Å². The Morgan fingerprint density at radius 1 is 1.11 bits per heavy atom. The van der Waals surface area contributed by atoms with Crippen LogP contribution in [-0.4, -0.2) is 11.3 Å². The molecule has 0 fully saturated rings. The minimum Gasteiger partial charge on any atom is -0.486 e. The molecule has 0 amide bonds. The van der Waals surface area contributed by atoms with Crippen molar-refractivity contribution in [2.24, 2.45) is 0 Å². The fraction of sp³-hybridized carbons (Fsp3) is 0.0769. The van der Waals surface area contributed by atoms with Crippen LogP contribution in [0.25, 0.3) is 0 Å². The maximum Gasteiger partial charge on any atom is 0.150 e. The monoisotopic (exact) mass is 447 g/mol. The first-order chi connectivity index (χ1) is 9.10. The van der Waals surface area contributed by atoms with E-state index in [9.17, 15) is 4.79 Å². The standard InChI is InChI=1S/C13H8Br3NO2/c14-10-1-9(4-17-5-10)7-19-13-11(15)2-8(6-18)3-12(13)16/h1-6H,7H2. The highest BCUT2D eigenvalue weighted by Gasteiger charge is 2.09. The molecule has 1 aromatic carbocycles. The maximum atomic E-state index is 10.7. The Labute approximate surface area is 135 Å². The normalized spacial score (nSPS) is 10.3. The molecule has 0 unspecified atom stereocenters. The zero-order chi connectivity index (χ0) is 13.8. The van der Waals surface area contributed by atoms with Crippen molar-refractivity contribution < 1.29 is 9.53 Å². The number of benzene rings is 1. The molecule has 0 saturated carbocycles. The van der Waals surface area contributed by atoms with Crippen molar-refractivity contribution >= 4 is 54.1 Å². The number of hydrogen-bond donors (Lipinski definition) is 0. The number of carbonyl (C=O) groups is 1. The smallest absolute Gasteiger partial charge is 0.150 e. The van der Waals surface area contributed by atoms with Crippen LogP contribution >= 0.6 is 47.8 Å². The van der Waals surface area contributed by atoms with Gasteiger partial charge in [0.25, 0.3) is 0 Å². The van der Waals surface area contributed by atoms with Crippen LogP contribution in [0.3, 0.4) is 0 Å². The molecule has 1 aromatic heterocycles. The minimum absolute atomic E-state index is 0.393. The summed E-state index contributed by atoms with van der Waals surface area (Å²) in [5.74, 6) is 0.658. The molecule has 0 N–H and O–H groups in total. The molecule has 0 aliphatic carbocycles. The topological polar surface area (TPSA) is 39.2 Å². The summed E-state index contributed by atoms with van der Waals surface area (Å²) in [4.78, 5) is 14.8. The summed E-state index contributed by atoms with van der Waals surface area (Å²) in [6.07, 6.45) is 4.25. The lowest BCUT2D eigenvalue weighted by atomic mass is 10.2. The predicted molar refractivity (Wildman–Crippen MR) is 83.5 cm³/mol. The van der Waals surface area contributed by atoms with E-state index in [0.29, 0.717) is 17.9 Å². The minimum atomic E-state index is 0.393. The molecule has 0 aliphatic heterocycles. The van der Waals surface area contributed by atoms with E-state index in [2.05, 4.69) is 52.8 Å². The van der Waals surface area contributed by atoms with Gasteiger partial charge in [-0.1, -0.05) is 0 Å². The van der Waals surface area contributed by atoms with Crippen LogP contribution in [-0.2, 0) is 6.61 Å². The molecule has 0 bridgehead atoms. The summed E-state index contributed by atoms with van der Waals surface area (Å²) >= 11 is 10.1. The lowest BCUT2D eigenvalue weighted by Crippen LogP contribution is -1.98. The number of hydrogen-bond acceptors (Lipinski definition) is 3. The lowest BCUT2D eigenvalue weighted by molar-refractivity contribution is 0.112. The van der Waals surface area contributed by atoms with E-state index < -0.39 is 0 Å². The first-order valence-corrected chi connectivity index (χ1v) is 7.64. The molecule has 0 atom stereocenters. The van der Waals surface area contributed by atoms with Crippen LogP contribution in [0.4, 0.5) is 0 Å². The Hall–Kier alpha value is -0.720. The van der Waals surface area contributed by atoms with E-state index in [1.165, 1.54) is 0 Å². The second-order valence-electron chi connectivity index (χ2n) is 3.73. The highest BCUT2D eigenvalue weighted by molar-refractivity contribution is 9.11. The molecular weight excluding hydrogens is 442 g/mol. The number of rotatable bonds is 4. The first kappa shape index (κ1) is 14.7. The number of carbonyl (C=O) groups excluding carboxylic acids is 1. The molecular formula is C13H8Br3NO2. The largest absolute Gasteiger partial charge is 0.486 e. The van der Waals surface area contributed by atoms with Gasteiger partial charge in [-0.15, -0.1) is 0 Å². The van der Waals surface area contributed by atoms with Gasteiger partial charge in [0.05, 0.1) is 8.95 Å². The highest BCUT2D eigenvalue weighted by atomic mass is 79.9. The van der Waals surface area contributed by atoms with Gasteiger partial charge in [-0.2, -0.15) is 0 Å². The average molecular weight is 450 g/mol. The molecule has 98 valence electrons. The Balaban J connectivity index is 2.18. The summed E-state index contributed by atoms with van der Waals surface area (Å²) in [6.45, 7) is 0.393. The highest BCUT2D eigenvalue weighted by Crippen LogP contribution is 2.35. The molecule has 19 heavy (non-hydrogen) atoms. The maximum absolute atomic E-state index is 10.7. The summed E-state index contributed by atoms with van der Waals surface area (Å²) in [7, 11) is 0. The van der Waals surface area contributed by atoms with Crippen molar-refractivity contribution in [3.8, 4) is 5.75 Å². The van der Waals surface area contributed by atoms with Gasteiger partial charge in [-0.25, -0.2) is 0 Å². The zero-order valence-electron chi connectivity index (χ0n) is 9.57. The number of aromatic nitrogens is 1. The third-order valence-corrected chi connectivity index (χ3v) is 3.91. The second-order valence-corrected chi connectivity index (χ2v) is 6.36. The lowest BCUT2D eigenvalue weighted by Gasteiger charge is -2.11. The van der Waals surface area contributed by atoms with Gasteiger partial charge in [0.1, 0.15) is 18.6 Å². The van der Waals surface area contributed by atoms with E-state index in [4.69, 9.17) is 4.74 Å². The fourth-order valence-electron chi connectivity index (χ4n) is 1.48. The third-order valence-electron chi connectivity index (χ3n) is 2.30. The van der Waals surface area contributed by atoms with Crippen LogP contribution in [0, 0.1) is 0 Å². The van der Waals surface area contributed by atoms with Gasteiger partial charge in [0, 0.05) is 28.0 Å². The second kappa shape index (κ2) is 6.63. The van der Waals surface area contributed by atoms with Gasteiger partial charge in [0.15, 0.2) is 0 Å². The van der Waals surface area contributed by atoms with Gasteiger partial charge in [-0.3, -0.25) is 9.78 Å². The number of halogens is 3. The molecule has 1 heterocycles. The average Bonchev–Trinajstić information content (AvgIpc) is 2.37. The van der Waals surface area contributed by atoms with E-state index in [0.717, 1.165) is 25.3 Å². The number of nitrogens with zero attached hydrogens (tertiary/aromatic N) is 1. The quantitative estimate of drug-likeness (QED) is 0.632. The van der Waals surface area contributed by atoms with Crippen LogP contribution in [0.1, 0.15) is 15.9 Å². The van der Waals surface area contributed by atoms with Crippen LogP contribution < -0.4 is 4.74 Å². The molecule has 2 aromatic rings. The Bertz CT molecular complexity index is 594. The molecule has 3 nitrogen and oxygen atoms in total. The molecule has 0 radical (unpaired) electrons. The van der Waals surface area contributed by atoms with Crippen LogP contribution in [0.2, 0.25) is 0 Å². The molecule has 6 heteroatoms. The number of pyridine rings is 1. The van der Waals surface area contributed by atoms with Gasteiger partial charge >= 0.3 is 0 Å². The van der Waals surface area contributed by atoms with Crippen molar-refractivity contribution in [3.05, 3.63) is 55.1 Å². The SMILES string of the molecule is O=Cc1cc(Br)c(OCc2cncc(Br)c2)c(Br)c1. The van der Waals surface area contributed by atoms with E-state index in [1.807, 2.05) is 6.07 Å². The summed E-state index contributed by atoms with van der Waals surface area (Å²) < 4.78 is 8.10. The fourth-order valence-corrected chi connectivity index (χ4v) is 3.34. The number of aldehydes is 1. The molecule has 0 saturated heterocycles. The van der Waals surface area contributed by atoms with Gasteiger partial charge < -0.3 is 4.74 Å². The van der Waals surface area contributed by atoms with Crippen molar-refractivity contribution in [1.82, 2.24) is 4.98 Å². The zero-order valence-corrected chi connectivity index (χ0v) is 14.3. The van der Waals surface area contributed by atoms with Crippen molar-refractivity contribution in [2.75, 3.05) is 0 Å². The van der Waals surface area contributed by atoms with Gasteiger partial charge in [0.2, 0.25) is 0 Å². The van der Waals surface area contributed by atoms with Crippen molar-refractivity contribution in [2.45, 2.75) is 6.61 Å². The van der Waals surface area contributed by atoms with E-state index >= 15 is 0 Å². The van der Waals surface area contributed by atoms with Gasteiger partial charge in [-0.05, 0) is 66.0 Å². The summed E-state index contributed by atoms with van der Waals surface area (Å²) in [5.41, 5.74) is 1.53. The van der Waals surface area contributed by atoms with Crippen molar-refractivity contribution in [3.63, 3.8) is 0 Å². The molecule has 2 rings (SSSR count). The molecule has 0 spiro atoms.